The SMILES string of the molecule is Cc1nc2c(OCc3c(F)cccc3F)cccn2c1C(=O)NCC1(N(C(=O)O)C(C)(C)C)CCCC1. The summed E-state index contributed by atoms with van der Waals surface area (Å²) in [7, 11) is 0. The number of nitrogens with zero attached hydrogens (tertiary/aromatic N) is 3. The number of rotatable bonds is 7. The molecular formula is C27H32F2N4O4. The molecule has 0 saturated heterocycles. The minimum Gasteiger partial charge on any atom is -0.485 e. The summed E-state index contributed by atoms with van der Waals surface area (Å²) >= 11 is 0. The van der Waals surface area contributed by atoms with Gasteiger partial charge in [0.2, 0.25) is 0 Å². The Kier molecular flexibility index (Phi) is 7.12. The molecule has 1 saturated carbocycles. The third-order valence-electron chi connectivity index (χ3n) is 6.89. The lowest BCUT2D eigenvalue weighted by Crippen LogP contribution is -2.62. The number of hydrogen-bond acceptors (Lipinski definition) is 4. The van der Waals surface area contributed by atoms with E-state index >= 15 is 0 Å². The molecule has 1 aliphatic carbocycles. The zero-order valence-corrected chi connectivity index (χ0v) is 21.5. The molecule has 2 N–H and O–H groups in total. The topological polar surface area (TPSA) is 96.2 Å². The van der Waals surface area contributed by atoms with E-state index in [0.29, 0.717) is 24.2 Å². The highest BCUT2D eigenvalue weighted by Gasteiger charge is 2.47. The van der Waals surface area contributed by atoms with E-state index in [9.17, 15) is 23.5 Å². The number of ether oxygens (including phenoxy) is 1. The van der Waals surface area contributed by atoms with Crippen molar-refractivity contribution in [3.8, 4) is 5.75 Å². The molecule has 10 heteroatoms. The Hall–Kier alpha value is -3.69. The third-order valence-corrected chi connectivity index (χ3v) is 6.89. The van der Waals surface area contributed by atoms with Crippen molar-refractivity contribution in [3.05, 3.63) is 65.1 Å². The third kappa shape index (κ3) is 5.10. The first-order valence-electron chi connectivity index (χ1n) is 12.3. The normalized spacial score (nSPS) is 15.1. The quantitative estimate of drug-likeness (QED) is 0.445. The van der Waals surface area contributed by atoms with Crippen LogP contribution in [0.4, 0.5) is 13.6 Å². The van der Waals surface area contributed by atoms with Gasteiger partial charge in [0.25, 0.3) is 5.91 Å². The van der Waals surface area contributed by atoms with E-state index in [4.69, 9.17) is 4.74 Å². The second-order valence-electron chi connectivity index (χ2n) is 10.5. The number of aromatic nitrogens is 2. The van der Waals surface area contributed by atoms with E-state index in [1.54, 1.807) is 29.7 Å². The number of hydrogen-bond donors (Lipinski definition) is 2. The van der Waals surface area contributed by atoms with Crippen molar-refractivity contribution < 1.29 is 28.2 Å². The number of imidazole rings is 1. The minimum atomic E-state index is -1.01. The predicted octanol–water partition coefficient (Wildman–Crippen LogP) is 5.32. The van der Waals surface area contributed by atoms with Crippen LogP contribution in [0.25, 0.3) is 5.65 Å². The minimum absolute atomic E-state index is 0.171. The summed E-state index contributed by atoms with van der Waals surface area (Å²) in [5.41, 5.74) is -0.481. The second kappa shape index (κ2) is 9.99. The van der Waals surface area contributed by atoms with Gasteiger partial charge < -0.3 is 15.2 Å². The van der Waals surface area contributed by atoms with Crippen LogP contribution >= 0.6 is 0 Å². The number of amides is 2. The van der Waals surface area contributed by atoms with E-state index in [-0.39, 0.29) is 30.2 Å². The molecule has 1 fully saturated rings. The highest BCUT2D eigenvalue weighted by molar-refractivity contribution is 5.95. The number of benzene rings is 1. The number of carboxylic acid groups (broad SMARTS) is 1. The van der Waals surface area contributed by atoms with Crippen LogP contribution in [0.15, 0.2) is 36.5 Å². The number of nitrogens with one attached hydrogen (secondary N) is 1. The summed E-state index contributed by atoms with van der Waals surface area (Å²) in [6.07, 6.45) is 3.73. The van der Waals surface area contributed by atoms with Gasteiger partial charge in [-0.1, -0.05) is 18.9 Å². The van der Waals surface area contributed by atoms with Gasteiger partial charge in [0, 0.05) is 18.3 Å². The van der Waals surface area contributed by atoms with Crippen molar-refractivity contribution in [1.82, 2.24) is 19.6 Å². The van der Waals surface area contributed by atoms with Gasteiger partial charge in [0.05, 0.1) is 16.8 Å². The second-order valence-corrected chi connectivity index (χ2v) is 10.5. The standard InChI is InChI=1S/C27H32F2N4O4/c1-17-22(24(34)30-16-27(12-5-6-13-27)33(25(35)36)26(2,3)4)32-14-8-11-21(23(32)31-17)37-15-18-19(28)9-7-10-20(18)29/h7-11,14H,5-6,12-13,15-16H2,1-4H3,(H,30,34)(H,35,36). The van der Waals surface area contributed by atoms with Gasteiger partial charge >= 0.3 is 6.09 Å². The Balaban J connectivity index is 1.58. The fraction of sp³-hybridized carbons (Fsp3) is 0.444. The Labute approximate surface area is 214 Å². The van der Waals surface area contributed by atoms with Crippen molar-refractivity contribution in [2.75, 3.05) is 6.54 Å². The van der Waals surface area contributed by atoms with Gasteiger partial charge in [-0.05, 0) is 64.8 Å². The van der Waals surface area contributed by atoms with Crippen molar-refractivity contribution >= 4 is 17.6 Å². The highest BCUT2D eigenvalue weighted by Crippen LogP contribution is 2.39. The molecule has 1 aliphatic rings. The molecule has 0 bridgehead atoms. The number of aryl methyl sites for hydroxylation is 1. The monoisotopic (exact) mass is 514 g/mol. The summed E-state index contributed by atoms with van der Waals surface area (Å²) in [6, 6.07) is 6.87. The largest absolute Gasteiger partial charge is 0.485 e. The molecule has 3 aromatic rings. The lowest BCUT2D eigenvalue weighted by atomic mass is 9.89. The Morgan fingerprint density at radius 1 is 1.16 bits per heavy atom. The van der Waals surface area contributed by atoms with Gasteiger partial charge in [-0.2, -0.15) is 0 Å². The summed E-state index contributed by atoms with van der Waals surface area (Å²) in [5.74, 6) is -1.55. The Morgan fingerprint density at radius 2 is 1.81 bits per heavy atom. The van der Waals surface area contributed by atoms with Crippen LogP contribution < -0.4 is 10.1 Å². The zero-order chi connectivity index (χ0) is 27.0. The van der Waals surface area contributed by atoms with Crippen LogP contribution in [0.1, 0.15) is 68.2 Å². The molecule has 198 valence electrons. The maximum Gasteiger partial charge on any atom is 0.408 e. The summed E-state index contributed by atoms with van der Waals surface area (Å²) in [4.78, 5) is 31.6. The van der Waals surface area contributed by atoms with Gasteiger partial charge in [-0.25, -0.2) is 18.6 Å². The number of halogens is 2. The van der Waals surface area contributed by atoms with Crippen molar-refractivity contribution in [1.29, 1.82) is 0 Å². The van der Waals surface area contributed by atoms with Crippen LogP contribution in [-0.4, -0.2) is 49.0 Å². The number of carbonyl (C=O) groups excluding carboxylic acids is 1. The molecule has 0 unspecified atom stereocenters. The Morgan fingerprint density at radius 3 is 2.41 bits per heavy atom. The van der Waals surface area contributed by atoms with Gasteiger partial charge in [-0.3, -0.25) is 14.1 Å². The molecule has 0 spiro atoms. The molecule has 4 rings (SSSR count). The van der Waals surface area contributed by atoms with E-state index in [2.05, 4.69) is 10.3 Å². The van der Waals surface area contributed by atoms with Crippen LogP contribution in [-0.2, 0) is 6.61 Å². The van der Waals surface area contributed by atoms with Crippen LogP contribution in [0.2, 0.25) is 0 Å². The molecule has 0 aliphatic heterocycles. The molecule has 1 aromatic carbocycles. The predicted molar refractivity (Wildman–Crippen MR) is 134 cm³/mol. The van der Waals surface area contributed by atoms with Crippen molar-refractivity contribution in [2.24, 2.45) is 0 Å². The average molecular weight is 515 g/mol. The number of fused-ring (bicyclic) bond motifs is 1. The first kappa shape index (κ1) is 26.4. The highest BCUT2D eigenvalue weighted by atomic mass is 19.1. The summed E-state index contributed by atoms with van der Waals surface area (Å²) < 4.78 is 35.3. The summed E-state index contributed by atoms with van der Waals surface area (Å²) in [5, 5.41) is 13.0. The molecule has 0 radical (unpaired) electrons. The van der Waals surface area contributed by atoms with Crippen molar-refractivity contribution in [2.45, 2.75) is 71.1 Å². The van der Waals surface area contributed by atoms with Crippen LogP contribution in [0.3, 0.4) is 0 Å². The Bertz CT molecular complexity index is 1310. The molecular weight excluding hydrogens is 482 g/mol. The molecule has 37 heavy (non-hydrogen) atoms. The van der Waals surface area contributed by atoms with Gasteiger partial charge in [0.15, 0.2) is 11.4 Å². The van der Waals surface area contributed by atoms with Crippen LogP contribution in [0, 0.1) is 18.6 Å². The molecule has 2 heterocycles. The lowest BCUT2D eigenvalue weighted by molar-refractivity contribution is 0.0177. The lowest BCUT2D eigenvalue weighted by Gasteiger charge is -2.47. The van der Waals surface area contributed by atoms with E-state index in [1.165, 1.54) is 11.0 Å². The van der Waals surface area contributed by atoms with E-state index in [1.807, 2.05) is 20.8 Å². The number of carbonyl (C=O) groups is 2. The van der Waals surface area contributed by atoms with Gasteiger partial charge in [0.1, 0.15) is 23.9 Å². The fourth-order valence-corrected chi connectivity index (χ4v) is 5.40. The maximum atomic E-state index is 14.0. The smallest absolute Gasteiger partial charge is 0.408 e. The van der Waals surface area contributed by atoms with Crippen LogP contribution in [0.5, 0.6) is 5.75 Å². The molecule has 0 atom stereocenters. The zero-order valence-electron chi connectivity index (χ0n) is 21.5. The molecule has 2 aromatic heterocycles. The van der Waals surface area contributed by atoms with E-state index < -0.39 is 34.7 Å². The number of pyridine rings is 1. The fourth-order valence-electron chi connectivity index (χ4n) is 5.40. The first-order chi connectivity index (χ1) is 17.4. The molecule has 2 amide bonds. The first-order valence-corrected chi connectivity index (χ1v) is 12.3. The maximum absolute atomic E-state index is 14.0. The molecule has 8 nitrogen and oxygen atoms in total. The van der Waals surface area contributed by atoms with Crippen molar-refractivity contribution in [3.63, 3.8) is 0 Å². The van der Waals surface area contributed by atoms with Gasteiger partial charge in [-0.15, -0.1) is 0 Å². The average Bonchev–Trinajstić information content (AvgIpc) is 3.40. The summed E-state index contributed by atoms with van der Waals surface area (Å²) in [6.45, 7) is 7.08. The van der Waals surface area contributed by atoms with E-state index in [0.717, 1.165) is 25.0 Å².